The number of carbonyl (C=O) groups excluding carboxylic acids is 1. The van der Waals surface area contributed by atoms with E-state index in [0.29, 0.717) is 6.42 Å². The zero-order valence-corrected chi connectivity index (χ0v) is 14.5. The van der Waals surface area contributed by atoms with E-state index in [4.69, 9.17) is 0 Å². The predicted molar refractivity (Wildman–Crippen MR) is 91.6 cm³/mol. The van der Waals surface area contributed by atoms with Gasteiger partial charge in [-0.3, -0.25) is 9.89 Å². The van der Waals surface area contributed by atoms with Gasteiger partial charge in [0.15, 0.2) is 0 Å². The van der Waals surface area contributed by atoms with Crippen molar-refractivity contribution >= 4 is 5.91 Å². The third-order valence-electron chi connectivity index (χ3n) is 6.36. The van der Waals surface area contributed by atoms with Crippen LogP contribution in [0.1, 0.15) is 68.3 Å². The van der Waals surface area contributed by atoms with E-state index in [-0.39, 0.29) is 24.0 Å². The summed E-state index contributed by atoms with van der Waals surface area (Å²) in [6.45, 7) is 0.847. The number of aryl methyl sites for hydroxylation is 1. The van der Waals surface area contributed by atoms with E-state index >= 15 is 0 Å². The number of aliphatic hydroxyl groups excluding tert-OH is 1. The van der Waals surface area contributed by atoms with Crippen LogP contribution >= 0.6 is 0 Å². The monoisotopic (exact) mass is 331 g/mol. The first kappa shape index (κ1) is 16.1. The number of carbonyl (C=O) groups is 1. The molecule has 132 valence electrons. The van der Waals surface area contributed by atoms with E-state index in [9.17, 15) is 9.90 Å². The summed E-state index contributed by atoms with van der Waals surface area (Å²) >= 11 is 0. The highest BCUT2D eigenvalue weighted by atomic mass is 16.3. The SMILES string of the molecule is O=C(Cc1n[nH]c2c1CCCC2)N1CCC[C@@H]1[C@H]1CCCC[C@@H]1O. The van der Waals surface area contributed by atoms with Crippen LogP contribution in [-0.4, -0.2) is 44.8 Å². The second-order valence-corrected chi connectivity index (χ2v) is 7.82. The van der Waals surface area contributed by atoms with Crippen molar-refractivity contribution in [2.45, 2.75) is 82.8 Å². The molecule has 2 fully saturated rings. The molecule has 4 rings (SSSR count). The minimum absolute atomic E-state index is 0.204. The Hall–Kier alpha value is -1.36. The summed E-state index contributed by atoms with van der Waals surface area (Å²) in [5.41, 5.74) is 3.50. The van der Waals surface area contributed by atoms with Crippen molar-refractivity contribution in [2.75, 3.05) is 6.54 Å². The summed E-state index contributed by atoms with van der Waals surface area (Å²) in [6.07, 6.45) is 11.1. The van der Waals surface area contributed by atoms with E-state index in [2.05, 4.69) is 15.1 Å². The fraction of sp³-hybridized carbons (Fsp3) is 0.789. The molecule has 1 aromatic rings. The second-order valence-electron chi connectivity index (χ2n) is 7.82. The normalized spacial score (nSPS) is 30.4. The van der Waals surface area contributed by atoms with Crippen LogP contribution in [0.15, 0.2) is 0 Å². The molecule has 0 aromatic carbocycles. The van der Waals surface area contributed by atoms with Crippen LogP contribution in [0.5, 0.6) is 0 Å². The topological polar surface area (TPSA) is 69.2 Å². The van der Waals surface area contributed by atoms with E-state index < -0.39 is 0 Å². The average molecular weight is 331 g/mol. The molecule has 1 saturated heterocycles. The van der Waals surface area contributed by atoms with Crippen molar-refractivity contribution in [3.8, 4) is 0 Å². The van der Waals surface area contributed by atoms with E-state index in [1.807, 2.05) is 0 Å². The van der Waals surface area contributed by atoms with E-state index in [0.717, 1.165) is 57.2 Å². The fourth-order valence-corrected chi connectivity index (χ4v) is 5.08. The highest BCUT2D eigenvalue weighted by Gasteiger charge is 2.39. The molecule has 3 aliphatic rings. The summed E-state index contributed by atoms with van der Waals surface area (Å²) in [6, 6.07) is 0.238. The molecular formula is C19H29N3O2. The number of hydrogen-bond acceptors (Lipinski definition) is 3. The number of aromatic amines is 1. The number of nitrogens with zero attached hydrogens (tertiary/aromatic N) is 2. The molecule has 5 heteroatoms. The largest absolute Gasteiger partial charge is 0.393 e. The number of likely N-dealkylation sites (tertiary alicyclic amines) is 1. The van der Waals surface area contributed by atoms with Gasteiger partial charge >= 0.3 is 0 Å². The molecule has 1 aromatic heterocycles. The molecule has 1 aliphatic heterocycles. The molecule has 0 radical (unpaired) electrons. The summed E-state index contributed by atoms with van der Waals surface area (Å²) in [4.78, 5) is 15.0. The van der Waals surface area contributed by atoms with Crippen LogP contribution in [-0.2, 0) is 24.1 Å². The van der Waals surface area contributed by atoms with Crippen LogP contribution < -0.4 is 0 Å². The van der Waals surface area contributed by atoms with Gasteiger partial charge in [-0.15, -0.1) is 0 Å². The maximum atomic E-state index is 12.9. The Kier molecular flexibility index (Phi) is 4.61. The first-order valence-corrected chi connectivity index (χ1v) is 9.76. The summed E-state index contributed by atoms with van der Waals surface area (Å²) in [5, 5.41) is 18.0. The van der Waals surface area contributed by atoms with Crippen LogP contribution in [0.25, 0.3) is 0 Å². The van der Waals surface area contributed by atoms with Gasteiger partial charge in [0, 0.05) is 24.2 Å². The molecule has 1 amide bonds. The van der Waals surface area contributed by atoms with Gasteiger partial charge < -0.3 is 10.0 Å². The van der Waals surface area contributed by atoms with Crippen molar-refractivity contribution in [1.29, 1.82) is 0 Å². The molecule has 0 spiro atoms. The number of fused-ring (bicyclic) bond motifs is 1. The maximum absolute atomic E-state index is 12.9. The van der Waals surface area contributed by atoms with Gasteiger partial charge in [0.25, 0.3) is 0 Å². The molecule has 0 bridgehead atoms. The highest BCUT2D eigenvalue weighted by molar-refractivity contribution is 5.79. The third-order valence-corrected chi connectivity index (χ3v) is 6.36. The predicted octanol–water partition coefficient (Wildman–Crippen LogP) is 2.37. The first-order valence-electron chi connectivity index (χ1n) is 9.76. The minimum atomic E-state index is -0.227. The summed E-state index contributed by atoms with van der Waals surface area (Å²) in [7, 11) is 0. The van der Waals surface area contributed by atoms with Crippen LogP contribution in [0.2, 0.25) is 0 Å². The van der Waals surface area contributed by atoms with Gasteiger partial charge in [0.05, 0.1) is 18.2 Å². The highest BCUT2D eigenvalue weighted by Crippen LogP contribution is 2.35. The lowest BCUT2D eigenvalue weighted by Gasteiger charge is -2.37. The van der Waals surface area contributed by atoms with Crippen LogP contribution in [0, 0.1) is 5.92 Å². The van der Waals surface area contributed by atoms with Gasteiger partial charge in [0.2, 0.25) is 5.91 Å². The van der Waals surface area contributed by atoms with Crippen molar-refractivity contribution in [3.63, 3.8) is 0 Å². The molecule has 2 heterocycles. The molecule has 0 unspecified atom stereocenters. The lowest BCUT2D eigenvalue weighted by molar-refractivity contribution is -0.133. The Morgan fingerprint density at radius 2 is 1.96 bits per heavy atom. The van der Waals surface area contributed by atoms with Gasteiger partial charge in [-0.25, -0.2) is 0 Å². The molecule has 24 heavy (non-hydrogen) atoms. The van der Waals surface area contributed by atoms with E-state index in [1.54, 1.807) is 0 Å². The first-order chi connectivity index (χ1) is 11.7. The maximum Gasteiger partial charge on any atom is 0.228 e. The minimum Gasteiger partial charge on any atom is -0.393 e. The van der Waals surface area contributed by atoms with Gasteiger partial charge in [-0.1, -0.05) is 12.8 Å². The summed E-state index contributed by atoms with van der Waals surface area (Å²) in [5.74, 6) is 0.480. The van der Waals surface area contributed by atoms with Crippen LogP contribution in [0.4, 0.5) is 0 Å². The molecule has 3 atom stereocenters. The Bertz CT molecular complexity index is 597. The number of H-pyrrole nitrogens is 1. The van der Waals surface area contributed by atoms with Crippen molar-refractivity contribution in [1.82, 2.24) is 15.1 Å². The van der Waals surface area contributed by atoms with Gasteiger partial charge in [-0.05, 0) is 56.9 Å². The number of aliphatic hydroxyl groups is 1. The summed E-state index contributed by atoms with van der Waals surface area (Å²) < 4.78 is 0. The zero-order chi connectivity index (χ0) is 16.5. The smallest absolute Gasteiger partial charge is 0.228 e. The van der Waals surface area contributed by atoms with Gasteiger partial charge in [0.1, 0.15) is 0 Å². The number of hydrogen-bond donors (Lipinski definition) is 2. The van der Waals surface area contributed by atoms with Crippen molar-refractivity contribution in [2.24, 2.45) is 5.92 Å². The third kappa shape index (κ3) is 2.99. The number of aromatic nitrogens is 2. The van der Waals surface area contributed by atoms with Crippen LogP contribution in [0.3, 0.4) is 0 Å². The second kappa shape index (κ2) is 6.87. The zero-order valence-electron chi connectivity index (χ0n) is 14.5. The van der Waals surface area contributed by atoms with Crippen molar-refractivity contribution in [3.05, 3.63) is 17.0 Å². The lowest BCUT2D eigenvalue weighted by Crippen LogP contribution is -2.45. The van der Waals surface area contributed by atoms with Crippen molar-refractivity contribution < 1.29 is 9.90 Å². The molecular weight excluding hydrogens is 302 g/mol. The van der Waals surface area contributed by atoms with Gasteiger partial charge in [-0.2, -0.15) is 5.10 Å². The Labute approximate surface area is 143 Å². The molecule has 1 saturated carbocycles. The Morgan fingerprint density at radius 1 is 1.12 bits per heavy atom. The Morgan fingerprint density at radius 3 is 2.83 bits per heavy atom. The Balaban J connectivity index is 1.46. The number of rotatable bonds is 3. The lowest BCUT2D eigenvalue weighted by atomic mass is 9.80. The quantitative estimate of drug-likeness (QED) is 0.893. The molecule has 5 nitrogen and oxygen atoms in total. The fourth-order valence-electron chi connectivity index (χ4n) is 5.08. The molecule has 2 N–H and O–H groups in total. The average Bonchev–Trinajstić information content (AvgIpc) is 3.23. The molecule has 2 aliphatic carbocycles. The standard InChI is InChI=1S/C19H29N3O2/c23-18-10-4-2-7-14(18)17-9-5-11-22(17)19(24)12-16-13-6-1-3-8-15(13)20-21-16/h14,17-18,23H,1-12H2,(H,20,21)/t14-,17-,18+/m1/s1. The number of amides is 1. The number of nitrogens with one attached hydrogen (secondary N) is 1. The van der Waals surface area contributed by atoms with E-state index in [1.165, 1.54) is 30.5 Å².